The van der Waals surface area contributed by atoms with E-state index in [1.165, 1.54) is 6.08 Å². The van der Waals surface area contributed by atoms with E-state index in [4.69, 9.17) is 14.6 Å². The third-order valence-electron chi connectivity index (χ3n) is 8.02. The van der Waals surface area contributed by atoms with Crippen LogP contribution in [0, 0.1) is 22.7 Å². The number of carbonyl (C=O) groups is 2. The van der Waals surface area contributed by atoms with Crippen LogP contribution in [0.1, 0.15) is 66.2 Å². The second kappa shape index (κ2) is 5.34. The highest BCUT2D eigenvalue weighted by Crippen LogP contribution is 2.68. The Morgan fingerprint density at radius 3 is 2.62 bits per heavy atom. The monoisotopic (exact) mass is 362 g/mol. The molecule has 26 heavy (non-hydrogen) atoms. The lowest BCUT2D eigenvalue weighted by atomic mass is 9.44. The lowest BCUT2D eigenvalue weighted by Gasteiger charge is -2.63. The molecule has 1 N–H and O–H groups in total. The van der Waals surface area contributed by atoms with Crippen molar-refractivity contribution in [2.45, 2.75) is 83.5 Å². The van der Waals surface area contributed by atoms with Crippen LogP contribution in [0.5, 0.6) is 0 Å². The Kier molecular flexibility index (Phi) is 3.70. The second-order valence-electron chi connectivity index (χ2n) is 9.89. The summed E-state index contributed by atoms with van der Waals surface area (Å²) in [6.45, 7) is 8.55. The first-order chi connectivity index (χ1) is 12.0. The molecule has 0 radical (unpaired) electrons. The normalized spacial score (nSPS) is 53.1. The molecule has 4 rings (SSSR count). The summed E-state index contributed by atoms with van der Waals surface area (Å²) in [7, 11) is 0. The molecule has 0 aromatic heterocycles. The van der Waals surface area contributed by atoms with Crippen molar-refractivity contribution in [1.29, 1.82) is 0 Å². The maximum absolute atomic E-state index is 12.7. The van der Waals surface area contributed by atoms with Gasteiger partial charge in [-0.05, 0) is 63.9 Å². The number of aliphatic carboxylic acids is 1. The quantitative estimate of drug-likeness (QED) is 0.599. The minimum Gasteiger partial charge on any atom is -0.478 e. The predicted molar refractivity (Wildman–Crippen MR) is 95.4 cm³/mol. The molecule has 0 bridgehead atoms. The van der Waals surface area contributed by atoms with E-state index < -0.39 is 17.2 Å². The lowest BCUT2D eigenvalue weighted by molar-refractivity contribution is -0.261. The van der Waals surface area contributed by atoms with E-state index in [9.17, 15) is 9.59 Å². The van der Waals surface area contributed by atoms with Gasteiger partial charge in [-0.15, -0.1) is 0 Å². The van der Waals surface area contributed by atoms with Gasteiger partial charge in [-0.25, -0.2) is 4.79 Å². The van der Waals surface area contributed by atoms with Crippen LogP contribution in [0.25, 0.3) is 0 Å². The van der Waals surface area contributed by atoms with Crippen LogP contribution in [0.3, 0.4) is 0 Å². The standard InChI is InChI=1S/C21H30O5/c1-18(11-7-15(22)23)10-6-14-19(2)8-5-9-20(3)16(19)13(25-17(20)24)12-21(14,4)26-18/h7,11,13-14,16H,5-6,8-10,12H2,1-4H3,(H,22,23). The molecule has 0 amide bonds. The molecule has 4 fully saturated rings. The molecule has 2 saturated carbocycles. The minimum absolute atomic E-state index is 0.0225. The summed E-state index contributed by atoms with van der Waals surface area (Å²) in [5, 5.41) is 8.99. The van der Waals surface area contributed by atoms with Crippen LogP contribution < -0.4 is 0 Å². The van der Waals surface area contributed by atoms with Crippen LogP contribution >= 0.6 is 0 Å². The fourth-order valence-electron chi connectivity index (χ4n) is 7.20. The van der Waals surface area contributed by atoms with Gasteiger partial charge >= 0.3 is 11.9 Å². The third kappa shape index (κ3) is 2.32. The van der Waals surface area contributed by atoms with E-state index in [1.54, 1.807) is 6.08 Å². The van der Waals surface area contributed by atoms with Crippen LogP contribution in [0.2, 0.25) is 0 Å². The van der Waals surface area contributed by atoms with Crippen molar-refractivity contribution in [3.8, 4) is 0 Å². The summed E-state index contributed by atoms with van der Waals surface area (Å²) in [4.78, 5) is 23.7. The van der Waals surface area contributed by atoms with E-state index in [1.807, 2.05) is 6.92 Å². The second-order valence-corrected chi connectivity index (χ2v) is 9.89. The summed E-state index contributed by atoms with van der Waals surface area (Å²) in [5.74, 6) is -0.367. The Hall–Kier alpha value is -1.36. The zero-order valence-electron chi connectivity index (χ0n) is 16.2. The van der Waals surface area contributed by atoms with Gasteiger partial charge in [0.15, 0.2) is 0 Å². The number of carboxylic acids is 1. The molecule has 5 nitrogen and oxygen atoms in total. The Balaban J connectivity index is 1.70. The van der Waals surface area contributed by atoms with Gasteiger partial charge in [0.1, 0.15) is 6.10 Å². The van der Waals surface area contributed by atoms with Crippen LogP contribution in [0.15, 0.2) is 12.2 Å². The fraction of sp³-hybridized carbons (Fsp3) is 0.810. The van der Waals surface area contributed by atoms with E-state index in [0.717, 1.165) is 32.1 Å². The molecule has 144 valence electrons. The summed E-state index contributed by atoms with van der Waals surface area (Å²) in [6.07, 6.45) is 8.34. The molecule has 0 aromatic carbocycles. The average molecular weight is 362 g/mol. The Labute approximate surface area is 155 Å². The molecule has 2 heterocycles. The third-order valence-corrected chi connectivity index (χ3v) is 8.02. The molecular weight excluding hydrogens is 332 g/mol. The maximum atomic E-state index is 12.7. The van der Waals surface area contributed by atoms with Crippen LogP contribution in [0.4, 0.5) is 0 Å². The first-order valence-corrected chi connectivity index (χ1v) is 9.86. The van der Waals surface area contributed by atoms with E-state index in [2.05, 4.69) is 20.8 Å². The molecular formula is C21H30O5. The Morgan fingerprint density at radius 2 is 1.92 bits per heavy atom. The number of fused-ring (bicyclic) bond motifs is 2. The van der Waals surface area contributed by atoms with Crippen molar-refractivity contribution in [2.75, 3.05) is 0 Å². The van der Waals surface area contributed by atoms with Gasteiger partial charge in [0.05, 0.1) is 16.6 Å². The van der Waals surface area contributed by atoms with Gasteiger partial charge < -0.3 is 14.6 Å². The highest BCUT2D eigenvalue weighted by atomic mass is 16.6. The highest BCUT2D eigenvalue weighted by molar-refractivity contribution is 5.80. The smallest absolute Gasteiger partial charge is 0.328 e. The zero-order valence-corrected chi connectivity index (χ0v) is 16.2. The summed E-state index contributed by atoms with van der Waals surface area (Å²) in [6, 6.07) is 0. The molecule has 0 aromatic rings. The molecule has 4 aliphatic rings. The zero-order chi connectivity index (χ0) is 19.0. The van der Waals surface area contributed by atoms with Crippen LogP contribution in [-0.2, 0) is 19.1 Å². The number of hydrogen-bond donors (Lipinski definition) is 1. The lowest BCUT2D eigenvalue weighted by Crippen LogP contribution is -2.65. The average Bonchev–Trinajstić information content (AvgIpc) is 2.76. The van der Waals surface area contributed by atoms with Crippen LogP contribution in [-0.4, -0.2) is 34.4 Å². The van der Waals surface area contributed by atoms with Gasteiger partial charge in [0.25, 0.3) is 0 Å². The number of ether oxygens (including phenoxy) is 2. The van der Waals surface area contributed by atoms with Crippen molar-refractivity contribution in [1.82, 2.24) is 0 Å². The van der Waals surface area contributed by atoms with Gasteiger partial charge in [-0.3, -0.25) is 4.79 Å². The molecule has 5 heteroatoms. The topological polar surface area (TPSA) is 72.8 Å². The SMILES string of the molecule is CC1(C=CC(=O)O)CCC2C(C)(CC3OC(=O)C4(C)CCCC2(C)C34)O1. The van der Waals surface area contributed by atoms with Crippen molar-refractivity contribution in [3.63, 3.8) is 0 Å². The fourth-order valence-corrected chi connectivity index (χ4v) is 7.20. The Bertz CT molecular complexity index is 686. The Morgan fingerprint density at radius 1 is 1.19 bits per heavy atom. The predicted octanol–water partition coefficient (Wildman–Crippen LogP) is 3.71. The van der Waals surface area contributed by atoms with Crippen molar-refractivity contribution in [2.24, 2.45) is 22.7 Å². The number of rotatable bonds is 2. The van der Waals surface area contributed by atoms with E-state index in [0.29, 0.717) is 12.3 Å². The minimum atomic E-state index is -0.953. The van der Waals surface area contributed by atoms with Gasteiger partial charge in [0.2, 0.25) is 0 Å². The summed E-state index contributed by atoms with van der Waals surface area (Å²) < 4.78 is 12.5. The number of carboxylic acid groups (broad SMARTS) is 1. The molecule has 2 aliphatic heterocycles. The summed E-state index contributed by atoms with van der Waals surface area (Å²) >= 11 is 0. The number of hydrogen-bond acceptors (Lipinski definition) is 4. The molecule has 7 atom stereocenters. The van der Waals surface area contributed by atoms with E-state index >= 15 is 0 Å². The number of esters is 1. The van der Waals surface area contributed by atoms with Crippen molar-refractivity contribution < 1.29 is 24.2 Å². The molecule has 2 aliphatic carbocycles. The van der Waals surface area contributed by atoms with Crippen molar-refractivity contribution in [3.05, 3.63) is 12.2 Å². The first kappa shape index (κ1) is 18.0. The summed E-state index contributed by atoms with van der Waals surface area (Å²) in [5.41, 5.74) is -1.33. The first-order valence-electron chi connectivity index (χ1n) is 9.86. The number of carbonyl (C=O) groups excluding carboxylic acids is 1. The van der Waals surface area contributed by atoms with Gasteiger partial charge in [-0.2, -0.15) is 0 Å². The molecule has 0 spiro atoms. The maximum Gasteiger partial charge on any atom is 0.328 e. The molecule has 7 unspecified atom stereocenters. The largest absolute Gasteiger partial charge is 0.478 e. The molecule has 2 saturated heterocycles. The highest BCUT2D eigenvalue weighted by Gasteiger charge is 2.71. The van der Waals surface area contributed by atoms with Crippen molar-refractivity contribution >= 4 is 11.9 Å². The van der Waals surface area contributed by atoms with Gasteiger partial charge in [0, 0.05) is 18.4 Å². The van der Waals surface area contributed by atoms with Gasteiger partial charge in [-0.1, -0.05) is 13.3 Å². The van der Waals surface area contributed by atoms with E-state index in [-0.39, 0.29) is 28.8 Å².